The first-order chi connectivity index (χ1) is 11.9. The van der Waals surface area contributed by atoms with Crippen LogP contribution in [0.25, 0.3) is 0 Å². The first kappa shape index (κ1) is 20.9. The Balaban J connectivity index is 2.78. The van der Waals surface area contributed by atoms with Crippen molar-refractivity contribution in [2.24, 2.45) is 11.8 Å². The molecular weight excluding hydrogens is 318 g/mol. The normalized spacial score (nSPS) is 16.7. The Kier molecular flexibility index (Phi) is 8.35. The maximum Gasteiger partial charge on any atom is 0.312 e. The lowest BCUT2D eigenvalue weighted by molar-refractivity contribution is -0.143. The second-order valence-corrected chi connectivity index (χ2v) is 6.39. The fourth-order valence-corrected chi connectivity index (χ4v) is 2.78. The standard InChI is InChI=1S/C20H29NO4/c1-6-16(14(3)4)11-18(13-22)19(23)21-9-8-15(12-21)10-17(7-2)20(24)25-5/h6-8,11,14,17,22H,2,9-10,12-13H2,1,3-5H3/b16-6+,18-11+. The van der Waals surface area contributed by atoms with Crippen molar-refractivity contribution in [2.45, 2.75) is 27.2 Å². The molecule has 138 valence electrons. The molecular formula is C20H29NO4. The Labute approximate surface area is 150 Å². The number of allylic oxidation sites excluding steroid dienone is 3. The van der Waals surface area contributed by atoms with E-state index in [4.69, 9.17) is 4.74 Å². The van der Waals surface area contributed by atoms with Crippen LogP contribution in [0.4, 0.5) is 0 Å². The fraction of sp³-hybridized carbons (Fsp3) is 0.500. The van der Waals surface area contributed by atoms with Gasteiger partial charge in [0, 0.05) is 18.7 Å². The summed E-state index contributed by atoms with van der Waals surface area (Å²) in [6.07, 6.45) is 7.73. The summed E-state index contributed by atoms with van der Waals surface area (Å²) in [5.41, 5.74) is 2.39. The van der Waals surface area contributed by atoms with Crippen molar-refractivity contribution in [3.05, 3.63) is 47.6 Å². The van der Waals surface area contributed by atoms with E-state index in [1.54, 1.807) is 17.1 Å². The molecule has 0 aromatic rings. The van der Waals surface area contributed by atoms with Gasteiger partial charge in [0.15, 0.2) is 0 Å². The van der Waals surface area contributed by atoms with Gasteiger partial charge in [-0.1, -0.05) is 37.6 Å². The van der Waals surface area contributed by atoms with Gasteiger partial charge < -0.3 is 14.7 Å². The van der Waals surface area contributed by atoms with Crippen molar-refractivity contribution in [3.63, 3.8) is 0 Å². The molecule has 0 radical (unpaired) electrons. The van der Waals surface area contributed by atoms with Crippen LogP contribution < -0.4 is 0 Å². The van der Waals surface area contributed by atoms with Crippen LogP contribution in [0.3, 0.4) is 0 Å². The highest BCUT2D eigenvalue weighted by atomic mass is 16.5. The summed E-state index contributed by atoms with van der Waals surface area (Å²) in [6.45, 7) is 10.3. The minimum Gasteiger partial charge on any atom is -0.469 e. The van der Waals surface area contributed by atoms with Crippen LogP contribution in [0.2, 0.25) is 0 Å². The molecule has 0 aromatic heterocycles. The summed E-state index contributed by atoms with van der Waals surface area (Å²) >= 11 is 0. The Morgan fingerprint density at radius 2 is 2.12 bits per heavy atom. The lowest BCUT2D eigenvalue weighted by Crippen LogP contribution is -2.31. The number of esters is 1. The third-order valence-electron chi connectivity index (χ3n) is 4.34. The number of carbonyl (C=O) groups is 2. The van der Waals surface area contributed by atoms with Crippen LogP contribution in [-0.4, -0.2) is 48.7 Å². The quantitative estimate of drug-likeness (QED) is 0.317. The molecule has 1 N–H and O–H groups in total. The van der Waals surface area contributed by atoms with Crippen LogP contribution in [0.15, 0.2) is 47.6 Å². The topological polar surface area (TPSA) is 66.8 Å². The number of carbonyl (C=O) groups excluding carboxylic acids is 2. The molecule has 1 heterocycles. The molecule has 25 heavy (non-hydrogen) atoms. The molecule has 1 unspecified atom stereocenters. The second-order valence-electron chi connectivity index (χ2n) is 6.39. The molecule has 5 heteroatoms. The lowest BCUT2D eigenvalue weighted by atomic mass is 9.99. The zero-order valence-corrected chi connectivity index (χ0v) is 15.6. The number of aliphatic hydroxyl groups excluding tert-OH is 1. The zero-order chi connectivity index (χ0) is 19.0. The van der Waals surface area contributed by atoms with Gasteiger partial charge in [-0.2, -0.15) is 0 Å². The maximum absolute atomic E-state index is 12.7. The third kappa shape index (κ3) is 5.71. The van der Waals surface area contributed by atoms with Gasteiger partial charge in [0.2, 0.25) is 0 Å². The number of methoxy groups -OCH3 is 1. The summed E-state index contributed by atoms with van der Waals surface area (Å²) in [7, 11) is 1.35. The summed E-state index contributed by atoms with van der Waals surface area (Å²) in [6, 6.07) is 0. The number of hydrogen-bond donors (Lipinski definition) is 1. The van der Waals surface area contributed by atoms with Crippen molar-refractivity contribution in [1.29, 1.82) is 0 Å². The van der Waals surface area contributed by atoms with Crippen LogP contribution in [0.1, 0.15) is 27.2 Å². The van der Waals surface area contributed by atoms with Crippen molar-refractivity contribution in [1.82, 2.24) is 4.90 Å². The van der Waals surface area contributed by atoms with E-state index in [2.05, 4.69) is 6.58 Å². The fourth-order valence-electron chi connectivity index (χ4n) is 2.78. The van der Waals surface area contributed by atoms with Crippen molar-refractivity contribution in [2.75, 3.05) is 26.8 Å². The smallest absolute Gasteiger partial charge is 0.312 e. The molecule has 0 fully saturated rings. The molecule has 1 aliphatic rings. The van der Waals surface area contributed by atoms with Crippen molar-refractivity contribution >= 4 is 11.9 Å². The molecule has 1 atom stereocenters. The largest absolute Gasteiger partial charge is 0.469 e. The van der Waals surface area contributed by atoms with Crippen LogP contribution in [0.5, 0.6) is 0 Å². The zero-order valence-electron chi connectivity index (χ0n) is 15.6. The van der Waals surface area contributed by atoms with Gasteiger partial charge in [0.25, 0.3) is 5.91 Å². The Hall–Kier alpha value is -2.14. The van der Waals surface area contributed by atoms with E-state index in [0.29, 0.717) is 25.1 Å². The van der Waals surface area contributed by atoms with E-state index in [-0.39, 0.29) is 24.4 Å². The molecule has 5 nitrogen and oxygen atoms in total. The molecule has 0 saturated heterocycles. The Morgan fingerprint density at radius 3 is 2.60 bits per heavy atom. The highest BCUT2D eigenvalue weighted by molar-refractivity contribution is 5.94. The van der Waals surface area contributed by atoms with E-state index >= 15 is 0 Å². The minimum absolute atomic E-state index is 0.179. The number of rotatable bonds is 8. The first-order valence-corrected chi connectivity index (χ1v) is 8.53. The van der Waals surface area contributed by atoms with E-state index in [1.807, 2.05) is 32.9 Å². The van der Waals surface area contributed by atoms with Crippen molar-refractivity contribution < 1.29 is 19.4 Å². The van der Waals surface area contributed by atoms with E-state index in [0.717, 1.165) is 11.1 Å². The van der Waals surface area contributed by atoms with E-state index in [9.17, 15) is 14.7 Å². The monoisotopic (exact) mass is 347 g/mol. The molecule has 1 aliphatic heterocycles. The van der Waals surface area contributed by atoms with Crippen molar-refractivity contribution in [3.8, 4) is 0 Å². The average Bonchev–Trinajstić information content (AvgIpc) is 3.07. The lowest BCUT2D eigenvalue weighted by Gasteiger charge is -2.19. The second kappa shape index (κ2) is 9.99. The molecule has 0 spiro atoms. The highest BCUT2D eigenvalue weighted by Gasteiger charge is 2.25. The predicted molar refractivity (Wildman–Crippen MR) is 98.7 cm³/mol. The number of hydrogen-bond acceptors (Lipinski definition) is 4. The highest BCUT2D eigenvalue weighted by Crippen LogP contribution is 2.22. The summed E-state index contributed by atoms with van der Waals surface area (Å²) in [4.78, 5) is 26.0. The first-order valence-electron chi connectivity index (χ1n) is 8.53. The summed E-state index contributed by atoms with van der Waals surface area (Å²) in [5, 5.41) is 9.60. The number of nitrogens with zero attached hydrogens (tertiary/aromatic N) is 1. The van der Waals surface area contributed by atoms with Gasteiger partial charge >= 0.3 is 5.97 Å². The van der Waals surface area contributed by atoms with Crippen LogP contribution >= 0.6 is 0 Å². The van der Waals surface area contributed by atoms with Gasteiger partial charge in [-0.3, -0.25) is 9.59 Å². The number of ether oxygens (including phenoxy) is 1. The molecule has 0 bridgehead atoms. The molecule has 0 saturated carbocycles. The Morgan fingerprint density at radius 1 is 1.44 bits per heavy atom. The summed E-state index contributed by atoms with van der Waals surface area (Å²) in [5.74, 6) is -0.636. The Bertz CT molecular complexity index is 599. The summed E-state index contributed by atoms with van der Waals surface area (Å²) < 4.78 is 4.76. The van der Waals surface area contributed by atoms with E-state index in [1.165, 1.54) is 7.11 Å². The van der Waals surface area contributed by atoms with Crippen LogP contribution in [0, 0.1) is 11.8 Å². The van der Waals surface area contributed by atoms with Gasteiger partial charge in [0.1, 0.15) is 0 Å². The SMILES string of the molecule is C=CC(CC1=CCN(C(=O)/C(=C/C(=C\C)C(C)C)CO)C1)C(=O)OC. The van der Waals surface area contributed by atoms with Gasteiger partial charge in [-0.05, 0) is 30.9 Å². The predicted octanol–water partition coefficient (Wildman–Crippen LogP) is 2.64. The minimum atomic E-state index is -0.408. The van der Waals surface area contributed by atoms with Crippen LogP contribution in [-0.2, 0) is 14.3 Å². The van der Waals surface area contributed by atoms with Gasteiger partial charge in [0.05, 0.1) is 19.6 Å². The number of amides is 1. The third-order valence-corrected chi connectivity index (χ3v) is 4.34. The molecule has 0 aromatic carbocycles. The number of aliphatic hydroxyl groups is 1. The van der Waals surface area contributed by atoms with Gasteiger partial charge in [-0.15, -0.1) is 6.58 Å². The average molecular weight is 347 g/mol. The molecule has 1 rings (SSSR count). The van der Waals surface area contributed by atoms with Gasteiger partial charge in [-0.25, -0.2) is 0 Å². The maximum atomic E-state index is 12.7. The molecule has 1 amide bonds. The molecule has 0 aliphatic carbocycles. The van der Waals surface area contributed by atoms with E-state index < -0.39 is 5.92 Å².